The Morgan fingerprint density at radius 2 is 2.05 bits per heavy atom. The third kappa shape index (κ3) is 5.24. The van der Waals surface area contributed by atoms with E-state index in [1.165, 1.54) is 44.9 Å². The monoisotopic (exact) mass is 354 g/mol. The van der Waals surface area contributed by atoms with Gasteiger partial charge in [0.05, 0.1) is 7.11 Å². The van der Waals surface area contributed by atoms with E-state index in [4.69, 9.17) is 4.74 Å². The molecule has 0 saturated heterocycles. The fourth-order valence-corrected chi connectivity index (χ4v) is 4.16. The Hall–Kier alpha value is -0.640. The summed E-state index contributed by atoms with van der Waals surface area (Å²) in [4.78, 5) is 8.94. The van der Waals surface area contributed by atoms with E-state index in [-0.39, 0.29) is 0 Å². The molecule has 0 radical (unpaired) electrons. The number of aromatic nitrogens is 2. The molecule has 1 unspecified atom stereocenters. The first kappa shape index (κ1) is 16.7. The zero-order valence-electron chi connectivity index (χ0n) is 13.2. The minimum atomic E-state index is 0.518. The second-order valence-electron chi connectivity index (χ2n) is 6.19. The topological polar surface area (TPSA) is 35.0 Å². The van der Waals surface area contributed by atoms with Crippen molar-refractivity contribution < 1.29 is 4.74 Å². The number of halogens is 1. The third-order valence-electron chi connectivity index (χ3n) is 4.68. The maximum absolute atomic E-state index is 5.17. The first-order chi connectivity index (χ1) is 10.2. The van der Waals surface area contributed by atoms with Crippen LogP contribution >= 0.6 is 15.9 Å². The van der Waals surface area contributed by atoms with E-state index in [0.717, 1.165) is 24.0 Å². The lowest BCUT2D eigenvalue weighted by Gasteiger charge is -2.31. The molecule has 1 aromatic rings. The molecule has 0 spiro atoms. The summed E-state index contributed by atoms with van der Waals surface area (Å²) in [5.41, 5.74) is 1.07. The molecule has 1 heterocycles. The molecule has 0 aromatic carbocycles. The molecular weight excluding hydrogens is 328 g/mol. The lowest BCUT2D eigenvalue weighted by molar-refractivity contribution is 0.256. The standard InChI is InChI=1S/C17H27BrN2O/c1-3-4-5-13-6-8-14(9-7-13)16(18)10-15-11-17(21-2)20-12-19-15/h11-14,16H,3-10H2,1-2H3. The van der Waals surface area contributed by atoms with Crippen LogP contribution in [-0.4, -0.2) is 21.9 Å². The largest absolute Gasteiger partial charge is 0.481 e. The minimum absolute atomic E-state index is 0.518. The SMILES string of the molecule is CCCCC1CCC(C(Br)Cc2cc(OC)ncn2)CC1. The average molecular weight is 355 g/mol. The predicted molar refractivity (Wildman–Crippen MR) is 90.0 cm³/mol. The Balaban J connectivity index is 1.80. The Morgan fingerprint density at radius 1 is 1.29 bits per heavy atom. The van der Waals surface area contributed by atoms with Crippen LogP contribution < -0.4 is 4.74 Å². The van der Waals surface area contributed by atoms with Gasteiger partial charge in [0.1, 0.15) is 6.33 Å². The van der Waals surface area contributed by atoms with Crippen molar-refractivity contribution in [2.24, 2.45) is 11.8 Å². The number of ether oxygens (including phenoxy) is 1. The summed E-state index contributed by atoms with van der Waals surface area (Å²) in [5.74, 6) is 2.41. The number of rotatable bonds is 7. The maximum Gasteiger partial charge on any atom is 0.216 e. The van der Waals surface area contributed by atoms with E-state index in [2.05, 4.69) is 32.8 Å². The first-order valence-electron chi connectivity index (χ1n) is 8.22. The van der Waals surface area contributed by atoms with Crippen LogP contribution in [0.2, 0.25) is 0 Å². The van der Waals surface area contributed by atoms with Crippen molar-refractivity contribution in [2.75, 3.05) is 7.11 Å². The van der Waals surface area contributed by atoms with Gasteiger partial charge in [-0.25, -0.2) is 9.97 Å². The van der Waals surface area contributed by atoms with Crippen LogP contribution in [0.15, 0.2) is 12.4 Å². The van der Waals surface area contributed by atoms with Gasteiger partial charge in [-0.3, -0.25) is 0 Å². The van der Waals surface area contributed by atoms with Crippen LogP contribution in [0.25, 0.3) is 0 Å². The second-order valence-corrected chi connectivity index (χ2v) is 7.37. The maximum atomic E-state index is 5.17. The third-order valence-corrected chi connectivity index (χ3v) is 5.75. The van der Waals surface area contributed by atoms with Gasteiger partial charge in [0.15, 0.2) is 0 Å². The quantitative estimate of drug-likeness (QED) is 0.660. The van der Waals surface area contributed by atoms with Gasteiger partial charge >= 0.3 is 0 Å². The van der Waals surface area contributed by atoms with Crippen molar-refractivity contribution in [1.82, 2.24) is 9.97 Å². The number of nitrogens with zero attached hydrogens (tertiary/aromatic N) is 2. The fourth-order valence-electron chi connectivity index (χ4n) is 3.30. The highest BCUT2D eigenvalue weighted by atomic mass is 79.9. The van der Waals surface area contributed by atoms with Gasteiger partial charge in [-0.2, -0.15) is 0 Å². The second kappa shape index (κ2) is 8.72. The molecule has 1 aromatic heterocycles. The normalized spacial score (nSPS) is 23.8. The zero-order chi connectivity index (χ0) is 15.1. The van der Waals surface area contributed by atoms with E-state index < -0.39 is 0 Å². The molecule has 1 aliphatic carbocycles. The van der Waals surface area contributed by atoms with Crippen LogP contribution in [0, 0.1) is 11.8 Å². The van der Waals surface area contributed by atoms with Gasteiger partial charge in [0.2, 0.25) is 5.88 Å². The van der Waals surface area contributed by atoms with E-state index in [1.807, 2.05) is 6.07 Å². The number of methoxy groups -OCH3 is 1. The summed E-state index contributed by atoms with van der Waals surface area (Å²) < 4.78 is 5.17. The molecule has 21 heavy (non-hydrogen) atoms. The fraction of sp³-hybridized carbons (Fsp3) is 0.765. The van der Waals surface area contributed by atoms with Crippen molar-refractivity contribution in [3.63, 3.8) is 0 Å². The molecule has 0 aliphatic heterocycles. The molecule has 1 saturated carbocycles. The lowest BCUT2D eigenvalue weighted by Crippen LogP contribution is -2.23. The van der Waals surface area contributed by atoms with Crippen LogP contribution in [-0.2, 0) is 6.42 Å². The van der Waals surface area contributed by atoms with Gasteiger partial charge in [0.25, 0.3) is 0 Å². The van der Waals surface area contributed by atoms with Gasteiger partial charge in [-0.1, -0.05) is 55.0 Å². The Morgan fingerprint density at radius 3 is 2.71 bits per heavy atom. The van der Waals surface area contributed by atoms with Crippen molar-refractivity contribution in [3.8, 4) is 5.88 Å². The van der Waals surface area contributed by atoms with Crippen molar-refractivity contribution >= 4 is 15.9 Å². The molecule has 118 valence electrons. The summed E-state index contributed by atoms with van der Waals surface area (Å²) in [6, 6.07) is 1.95. The molecule has 1 aliphatic rings. The Bertz CT molecular complexity index is 419. The van der Waals surface area contributed by atoms with E-state index in [9.17, 15) is 0 Å². The molecule has 0 N–H and O–H groups in total. The Kier molecular flexibility index (Phi) is 6.94. The predicted octanol–water partition coefficient (Wildman–Crippen LogP) is 4.79. The van der Waals surface area contributed by atoms with Crippen molar-refractivity contribution in [3.05, 3.63) is 18.1 Å². The molecule has 0 bridgehead atoms. The van der Waals surface area contributed by atoms with Gasteiger partial charge in [-0.15, -0.1) is 0 Å². The highest BCUT2D eigenvalue weighted by Crippen LogP contribution is 2.36. The van der Waals surface area contributed by atoms with Gasteiger partial charge < -0.3 is 4.74 Å². The number of hydrogen-bond acceptors (Lipinski definition) is 3. The van der Waals surface area contributed by atoms with E-state index >= 15 is 0 Å². The molecule has 4 heteroatoms. The number of alkyl halides is 1. The van der Waals surface area contributed by atoms with Crippen LogP contribution in [0.4, 0.5) is 0 Å². The van der Waals surface area contributed by atoms with Gasteiger partial charge in [0, 0.05) is 23.0 Å². The highest BCUT2D eigenvalue weighted by molar-refractivity contribution is 9.09. The molecule has 2 rings (SSSR count). The summed E-state index contributed by atoms with van der Waals surface area (Å²) in [6.45, 7) is 2.29. The van der Waals surface area contributed by atoms with Crippen molar-refractivity contribution in [2.45, 2.75) is 63.1 Å². The lowest BCUT2D eigenvalue weighted by atomic mass is 9.78. The van der Waals surface area contributed by atoms with Gasteiger partial charge in [-0.05, 0) is 24.7 Å². The van der Waals surface area contributed by atoms with Crippen LogP contribution in [0.3, 0.4) is 0 Å². The first-order valence-corrected chi connectivity index (χ1v) is 9.13. The minimum Gasteiger partial charge on any atom is -0.481 e. The average Bonchev–Trinajstić information content (AvgIpc) is 2.53. The summed E-state index contributed by atoms with van der Waals surface area (Å²) in [5, 5.41) is 0. The molecule has 1 fully saturated rings. The smallest absolute Gasteiger partial charge is 0.216 e. The highest BCUT2D eigenvalue weighted by Gasteiger charge is 2.26. The summed E-state index contributed by atoms with van der Waals surface area (Å²) >= 11 is 3.89. The number of unbranched alkanes of at least 4 members (excludes halogenated alkanes) is 1. The molecule has 0 amide bonds. The molecule has 3 nitrogen and oxygen atoms in total. The zero-order valence-corrected chi connectivity index (χ0v) is 14.8. The van der Waals surface area contributed by atoms with Crippen molar-refractivity contribution in [1.29, 1.82) is 0 Å². The summed E-state index contributed by atoms with van der Waals surface area (Å²) in [6.07, 6.45) is 12.2. The van der Waals surface area contributed by atoms with Crippen LogP contribution in [0.5, 0.6) is 5.88 Å². The van der Waals surface area contributed by atoms with E-state index in [1.54, 1.807) is 13.4 Å². The molecule has 1 atom stereocenters. The van der Waals surface area contributed by atoms with E-state index in [0.29, 0.717) is 10.7 Å². The molecular formula is C17H27BrN2O. The van der Waals surface area contributed by atoms with Crippen LogP contribution in [0.1, 0.15) is 57.6 Å². The summed E-state index contributed by atoms with van der Waals surface area (Å²) in [7, 11) is 1.65. The number of hydrogen-bond donors (Lipinski definition) is 0. The Labute approximate surface area is 137 Å².